The van der Waals surface area contributed by atoms with Crippen LogP contribution in [0.3, 0.4) is 0 Å². The number of carboxylic acids is 1. The van der Waals surface area contributed by atoms with E-state index in [1.165, 1.54) is 0 Å². The molecule has 3 rings (SSSR count). The summed E-state index contributed by atoms with van der Waals surface area (Å²) in [7, 11) is 0. The highest BCUT2D eigenvalue weighted by Gasteiger charge is 2.26. The van der Waals surface area contributed by atoms with Gasteiger partial charge in [-0.05, 0) is 66.3 Å². The Kier molecular flexibility index (Phi) is 5.82. The molecule has 0 bridgehead atoms. The normalized spacial score (nSPS) is 16.1. The Hall–Kier alpha value is -2.31. The summed E-state index contributed by atoms with van der Waals surface area (Å²) >= 11 is 0. The van der Waals surface area contributed by atoms with Crippen molar-refractivity contribution < 1.29 is 18.7 Å². The van der Waals surface area contributed by atoms with Crippen molar-refractivity contribution in [2.45, 2.75) is 46.0 Å². The molecule has 3 N–H and O–H groups in total. The average Bonchev–Trinajstić information content (AvgIpc) is 2.55. The molecule has 6 heteroatoms. The molecule has 1 saturated heterocycles. The zero-order valence-electron chi connectivity index (χ0n) is 16.4. The van der Waals surface area contributed by atoms with Crippen molar-refractivity contribution in [1.82, 2.24) is 4.90 Å². The average molecular weight is 388 g/mol. The van der Waals surface area contributed by atoms with Crippen LogP contribution in [0.1, 0.15) is 40.3 Å². The van der Waals surface area contributed by atoms with E-state index in [0.29, 0.717) is 25.2 Å². The molecule has 0 radical (unpaired) electrons. The van der Waals surface area contributed by atoms with Crippen LogP contribution in [0.5, 0.6) is 0 Å². The highest BCUT2D eigenvalue weighted by molar-refractivity contribution is 5.73. The number of hydrogen-bond donors (Lipinski definition) is 2. The van der Waals surface area contributed by atoms with Crippen LogP contribution >= 0.6 is 0 Å². The van der Waals surface area contributed by atoms with E-state index in [1.54, 1.807) is 19.1 Å². The molecule has 0 saturated carbocycles. The van der Waals surface area contributed by atoms with Crippen molar-refractivity contribution in [3.8, 4) is 11.1 Å². The van der Waals surface area contributed by atoms with Gasteiger partial charge in [-0.2, -0.15) is 0 Å². The number of halogens is 2. The van der Waals surface area contributed by atoms with Crippen molar-refractivity contribution in [2.24, 2.45) is 5.73 Å². The number of nitrogens with two attached hydrogens (primary N) is 1. The van der Waals surface area contributed by atoms with Crippen LogP contribution in [0.2, 0.25) is 0 Å². The van der Waals surface area contributed by atoms with Crippen molar-refractivity contribution in [1.29, 1.82) is 0 Å². The minimum Gasteiger partial charge on any atom is -0.481 e. The second-order valence-electron chi connectivity index (χ2n) is 7.80. The molecule has 1 aliphatic rings. The molecule has 4 nitrogen and oxygen atoms in total. The maximum atomic E-state index is 14.6. The first-order chi connectivity index (χ1) is 13.2. The summed E-state index contributed by atoms with van der Waals surface area (Å²) in [5.74, 6) is -1.52. The second-order valence-corrected chi connectivity index (χ2v) is 7.80. The molecule has 1 aliphatic heterocycles. The number of carboxylic acid groups (broad SMARTS) is 1. The van der Waals surface area contributed by atoms with Gasteiger partial charge in [0.2, 0.25) is 0 Å². The molecular formula is C22H26F2N2O2. The third-order valence-electron chi connectivity index (χ3n) is 5.28. The van der Waals surface area contributed by atoms with Gasteiger partial charge in [-0.1, -0.05) is 12.1 Å². The number of carbonyl (C=O) groups is 1. The Morgan fingerprint density at radius 3 is 2.32 bits per heavy atom. The number of alkyl halides is 1. The summed E-state index contributed by atoms with van der Waals surface area (Å²) in [5, 5.41) is 8.99. The molecule has 0 aromatic heterocycles. The lowest BCUT2D eigenvalue weighted by Crippen LogP contribution is -2.47. The standard InChI is InChI=1S/C22H26F2N2O2/c1-12-4-15(9-26-10-17(23)11-26)5-13(2)21(12)16-6-14(3)22(24)18(7-16)19(25)8-20(27)28/h4-7,17,19H,8-11,25H2,1-3H3,(H,27,28). The largest absolute Gasteiger partial charge is 0.481 e. The van der Waals surface area contributed by atoms with Crippen molar-refractivity contribution in [3.63, 3.8) is 0 Å². The van der Waals surface area contributed by atoms with Gasteiger partial charge < -0.3 is 10.8 Å². The molecule has 1 fully saturated rings. The molecule has 0 spiro atoms. The van der Waals surface area contributed by atoms with Gasteiger partial charge >= 0.3 is 5.97 Å². The zero-order chi connectivity index (χ0) is 20.6. The predicted octanol–water partition coefficient (Wildman–Crippen LogP) is 4.05. The summed E-state index contributed by atoms with van der Waals surface area (Å²) in [4.78, 5) is 13.0. The Labute approximate surface area is 164 Å². The molecule has 28 heavy (non-hydrogen) atoms. The maximum Gasteiger partial charge on any atom is 0.305 e. The molecule has 1 heterocycles. The fraction of sp³-hybridized carbons (Fsp3) is 0.409. The van der Waals surface area contributed by atoms with E-state index in [2.05, 4.69) is 17.0 Å². The summed E-state index contributed by atoms with van der Waals surface area (Å²) in [5.41, 5.74) is 11.6. The number of benzene rings is 2. The van der Waals surface area contributed by atoms with E-state index in [9.17, 15) is 13.6 Å². The molecule has 0 aliphatic carbocycles. The third-order valence-corrected chi connectivity index (χ3v) is 5.28. The maximum absolute atomic E-state index is 14.6. The molecule has 1 atom stereocenters. The van der Waals surface area contributed by atoms with Crippen LogP contribution in [0, 0.1) is 26.6 Å². The topological polar surface area (TPSA) is 66.6 Å². The summed E-state index contributed by atoms with van der Waals surface area (Å²) in [6.07, 6.45) is -1.06. The van der Waals surface area contributed by atoms with Gasteiger partial charge in [0, 0.05) is 31.2 Å². The SMILES string of the molecule is Cc1cc(-c2c(C)cc(CN3CC(F)C3)cc2C)cc(C(N)CC(=O)O)c1F. The smallest absolute Gasteiger partial charge is 0.305 e. The summed E-state index contributed by atoms with van der Waals surface area (Å²) in [6, 6.07) is 6.67. The third kappa shape index (κ3) is 4.23. The van der Waals surface area contributed by atoms with Gasteiger partial charge in [0.05, 0.1) is 6.42 Å². The van der Waals surface area contributed by atoms with Gasteiger partial charge in [0.25, 0.3) is 0 Å². The highest BCUT2D eigenvalue weighted by atomic mass is 19.1. The number of hydrogen-bond acceptors (Lipinski definition) is 3. The molecular weight excluding hydrogens is 362 g/mol. The Morgan fingerprint density at radius 1 is 1.18 bits per heavy atom. The number of likely N-dealkylation sites (tertiary alicyclic amines) is 1. The minimum atomic E-state index is -1.06. The minimum absolute atomic E-state index is 0.217. The predicted molar refractivity (Wildman–Crippen MR) is 105 cm³/mol. The molecule has 2 aromatic carbocycles. The van der Waals surface area contributed by atoms with Crippen molar-refractivity contribution >= 4 is 5.97 Å². The van der Waals surface area contributed by atoms with Crippen LogP contribution in [0.4, 0.5) is 8.78 Å². The van der Waals surface area contributed by atoms with Crippen molar-refractivity contribution in [3.05, 3.63) is 57.9 Å². The van der Waals surface area contributed by atoms with Crippen LogP contribution in [-0.4, -0.2) is 35.2 Å². The van der Waals surface area contributed by atoms with E-state index in [1.807, 2.05) is 13.8 Å². The fourth-order valence-electron chi connectivity index (χ4n) is 4.00. The second kappa shape index (κ2) is 7.97. The van der Waals surface area contributed by atoms with Crippen LogP contribution in [0.15, 0.2) is 24.3 Å². The molecule has 1 unspecified atom stereocenters. The summed E-state index contributed by atoms with van der Waals surface area (Å²) in [6.45, 7) is 7.31. The van der Waals surface area contributed by atoms with Gasteiger partial charge in [0.1, 0.15) is 12.0 Å². The summed E-state index contributed by atoms with van der Waals surface area (Å²) < 4.78 is 27.6. The highest BCUT2D eigenvalue weighted by Crippen LogP contribution is 2.33. The van der Waals surface area contributed by atoms with E-state index in [4.69, 9.17) is 10.8 Å². The lowest BCUT2D eigenvalue weighted by atomic mass is 9.89. The lowest BCUT2D eigenvalue weighted by molar-refractivity contribution is -0.137. The first-order valence-corrected chi connectivity index (χ1v) is 9.40. The molecule has 150 valence electrons. The quantitative estimate of drug-likeness (QED) is 0.784. The van der Waals surface area contributed by atoms with Gasteiger partial charge in [0.15, 0.2) is 0 Å². The van der Waals surface area contributed by atoms with Crippen LogP contribution < -0.4 is 5.73 Å². The van der Waals surface area contributed by atoms with Crippen LogP contribution in [-0.2, 0) is 11.3 Å². The van der Waals surface area contributed by atoms with Crippen molar-refractivity contribution in [2.75, 3.05) is 13.1 Å². The van der Waals surface area contributed by atoms with E-state index in [0.717, 1.165) is 27.8 Å². The lowest BCUT2D eigenvalue weighted by Gasteiger charge is -2.34. The zero-order valence-corrected chi connectivity index (χ0v) is 16.4. The van der Waals surface area contributed by atoms with Gasteiger partial charge in [-0.3, -0.25) is 9.69 Å². The monoisotopic (exact) mass is 388 g/mol. The van der Waals surface area contributed by atoms with E-state index >= 15 is 0 Å². The van der Waals surface area contributed by atoms with E-state index in [-0.39, 0.29) is 12.0 Å². The number of aliphatic carboxylic acids is 1. The van der Waals surface area contributed by atoms with Gasteiger partial charge in [-0.15, -0.1) is 0 Å². The first kappa shape index (κ1) is 20.4. The number of rotatable bonds is 6. The Bertz CT molecular complexity index is 885. The Balaban J connectivity index is 1.96. The number of nitrogens with zero attached hydrogens (tertiary/aromatic N) is 1. The van der Waals surface area contributed by atoms with Crippen LogP contribution in [0.25, 0.3) is 11.1 Å². The van der Waals surface area contributed by atoms with Gasteiger partial charge in [-0.25, -0.2) is 8.78 Å². The Morgan fingerprint density at radius 2 is 1.79 bits per heavy atom. The molecule has 0 amide bonds. The molecule has 2 aromatic rings. The fourth-order valence-corrected chi connectivity index (χ4v) is 4.00. The first-order valence-electron chi connectivity index (χ1n) is 9.40. The number of aryl methyl sites for hydroxylation is 3. The van der Waals surface area contributed by atoms with E-state index < -0.39 is 24.0 Å².